The third-order valence-electron chi connectivity index (χ3n) is 3.76. The number of benzene rings is 1. The molecule has 5 heteroatoms. The van der Waals surface area contributed by atoms with Gasteiger partial charge in [-0.05, 0) is 18.4 Å². The molecule has 0 amide bonds. The Hall–Kier alpha value is -1.46. The van der Waals surface area contributed by atoms with Gasteiger partial charge in [-0.1, -0.05) is 19.1 Å². The van der Waals surface area contributed by atoms with Crippen LogP contribution < -0.4 is 5.32 Å². The highest BCUT2D eigenvalue weighted by Crippen LogP contribution is 2.16. The molecule has 0 aromatic heterocycles. The van der Waals surface area contributed by atoms with Crippen molar-refractivity contribution in [3.63, 3.8) is 0 Å². The maximum absolute atomic E-state index is 10.6. The Morgan fingerprint density at radius 2 is 1.95 bits per heavy atom. The first-order valence-corrected chi connectivity index (χ1v) is 6.89. The van der Waals surface area contributed by atoms with E-state index in [4.69, 9.17) is 0 Å². The molecule has 0 bridgehead atoms. The minimum Gasteiger partial charge on any atom is -0.314 e. The molecule has 1 saturated heterocycles. The molecule has 19 heavy (non-hydrogen) atoms. The van der Waals surface area contributed by atoms with Crippen molar-refractivity contribution in [1.29, 1.82) is 0 Å². The van der Waals surface area contributed by atoms with Crippen molar-refractivity contribution in [1.82, 2.24) is 10.2 Å². The molecule has 1 aliphatic rings. The lowest BCUT2D eigenvalue weighted by Crippen LogP contribution is -2.48. The summed E-state index contributed by atoms with van der Waals surface area (Å²) in [6.07, 6.45) is 2.07. The van der Waals surface area contributed by atoms with Gasteiger partial charge in [-0.25, -0.2) is 0 Å². The molecular weight excluding hydrogens is 242 g/mol. The summed E-state index contributed by atoms with van der Waals surface area (Å²) < 4.78 is 0. The predicted molar refractivity (Wildman–Crippen MR) is 75.3 cm³/mol. The second kappa shape index (κ2) is 6.63. The Kier molecular flexibility index (Phi) is 4.87. The van der Waals surface area contributed by atoms with Crippen LogP contribution in [-0.4, -0.2) is 42.0 Å². The van der Waals surface area contributed by atoms with Gasteiger partial charge in [0.15, 0.2) is 0 Å². The van der Waals surface area contributed by atoms with Gasteiger partial charge in [0.2, 0.25) is 0 Å². The van der Waals surface area contributed by atoms with Crippen LogP contribution in [0, 0.1) is 10.1 Å². The van der Waals surface area contributed by atoms with Crippen molar-refractivity contribution < 1.29 is 4.92 Å². The maximum atomic E-state index is 10.6. The molecule has 1 aromatic carbocycles. The molecule has 1 aromatic rings. The van der Waals surface area contributed by atoms with Crippen LogP contribution in [0.1, 0.15) is 18.9 Å². The van der Waals surface area contributed by atoms with Crippen LogP contribution in [0.25, 0.3) is 0 Å². The molecular formula is C14H21N3O2. The molecule has 1 aliphatic heterocycles. The van der Waals surface area contributed by atoms with Crippen molar-refractivity contribution in [3.05, 3.63) is 39.9 Å². The second-order valence-electron chi connectivity index (χ2n) is 4.98. The van der Waals surface area contributed by atoms with Gasteiger partial charge in [0.05, 0.1) is 4.92 Å². The number of nitrogens with zero attached hydrogens (tertiary/aromatic N) is 2. The van der Waals surface area contributed by atoms with E-state index in [0.29, 0.717) is 6.04 Å². The molecule has 0 radical (unpaired) electrons. The zero-order valence-electron chi connectivity index (χ0n) is 11.3. The van der Waals surface area contributed by atoms with E-state index in [1.165, 1.54) is 5.56 Å². The highest BCUT2D eigenvalue weighted by Gasteiger charge is 2.19. The van der Waals surface area contributed by atoms with E-state index in [9.17, 15) is 10.1 Å². The molecule has 2 rings (SSSR count). The zero-order chi connectivity index (χ0) is 13.7. The molecule has 1 unspecified atom stereocenters. The third-order valence-corrected chi connectivity index (χ3v) is 3.76. The van der Waals surface area contributed by atoms with Crippen LogP contribution in [0.4, 0.5) is 5.69 Å². The summed E-state index contributed by atoms with van der Waals surface area (Å²) in [6, 6.07) is 7.48. The maximum Gasteiger partial charge on any atom is 0.269 e. The summed E-state index contributed by atoms with van der Waals surface area (Å²) in [6.45, 7) is 6.49. The van der Waals surface area contributed by atoms with Crippen LogP contribution in [0.2, 0.25) is 0 Å². The number of non-ortho nitro benzene ring substituents is 1. The topological polar surface area (TPSA) is 58.4 Å². The van der Waals surface area contributed by atoms with Gasteiger partial charge in [-0.15, -0.1) is 0 Å². The molecule has 1 atom stereocenters. The van der Waals surface area contributed by atoms with Gasteiger partial charge in [-0.2, -0.15) is 0 Å². The summed E-state index contributed by atoms with van der Waals surface area (Å²) in [5, 5.41) is 14.0. The van der Waals surface area contributed by atoms with Gasteiger partial charge < -0.3 is 5.32 Å². The molecule has 0 spiro atoms. The Morgan fingerprint density at radius 3 is 2.47 bits per heavy atom. The molecule has 1 fully saturated rings. The van der Waals surface area contributed by atoms with Gasteiger partial charge in [-0.3, -0.25) is 15.0 Å². The first kappa shape index (κ1) is 14.0. The fraction of sp³-hybridized carbons (Fsp3) is 0.571. The number of rotatable bonds is 5. The Labute approximate surface area is 113 Å². The molecule has 1 N–H and O–H groups in total. The van der Waals surface area contributed by atoms with Crippen LogP contribution in [0.15, 0.2) is 24.3 Å². The minimum atomic E-state index is -0.350. The van der Waals surface area contributed by atoms with Crippen LogP contribution in [-0.2, 0) is 6.42 Å². The number of piperazine rings is 1. The molecule has 104 valence electrons. The lowest BCUT2D eigenvalue weighted by atomic mass is 10.0. The lowest BCUT2D eigenvalue weighted by molar-refractivity contribution is -0.384. The highest BCUT2D eigenvalue weighted by atomic mass is 16.6. The smallest absolute Gasteiger partial charge is 0.269 e. The van der Waals surface area contributed by atoms with Gasteiger partial charge >= 0.3 is 0 Å². The number of nitro groups is 1. The average molecular weight is 263 g/mol. The number of hydrogen-bond donors (Lipinski definition) is 1. The summed E-state index contributed by atoms with van der Waals surface area (Å²) in [7, 11) is 0. The number of nitro benzene ring substituents is 1. The average Bonchev–Trinajstić information content (AvgIpc) is 2.46. The van der Waals surface area contributed by atoms with Crippen molar-refractivity contribution in [2.45, 2.75) is 25.8 Å². The molecule has 0 saturated carbocycles. The van der Waals surface area contributed by atoms with Crippen molar-refractivity contribution in [2.24, 2.45) is 0 Å². The largest absolute Gasteiger partial charge is 0.314 e. The number of nitrogens with one attached hydrogen (secondary N) is 1. The fourth-order valence-electron chi connectivity index (χ4n) is 2.60. The van der Waals surface area contributed by atoms with Crippen LogP contribution in [0.5, 0.6) is 0 Å². The Morgan fingerprint density at radius 1 is 1.32 bits per heavy atom. The van der Waals surface area contributed by atoms with Gasteiger partial charge in [0, 0.05) is 44.4 Å². The van der Waals surface area contributed by atoms with E-state index < -0.39 is 0 Å². The van der Waals surface area contributed by atoms with Crippen LogP contribution in [0.3, 0.4) is 0 Å². The van der Waals surface area contributed by atoms with Crippen molar-refractivity contribution in [3.8, 4) is 0 Å². The SMILES string of the molecule is CCC(Cc1ccc([N+](=O)[O-])cc1)N1CCNCC1. The summed E-state index contributed by atoms with van der Waals surface area (Å²) >= 11 is 0. The van der Waals surface area contributed by atoms with Crippen molar-refractivity contribution >= 4 is 5.69 Å². The van der Waals surface area contributed by atoms with E-state index in [2.05, 4.69) is 17.1 Å². The summed E-state index contributed by atoms with van der Waals surface area (Å²) in [5.74, 6) is 0. The first-order chi connectivity index (χ1) is 9.20. The number of hydrogen-bond acceptors (Lipinski definition) is 4. The Bertz CT molecular complexity index is 413. The monoisotopic (exact) mass is 263 g/mol. The normalized spacial score (nSPS) is 18.2. The standard InChI is InChI=1S/C14H21N3O2/c1-2-13(16-9-7-15-8-10-16)11-12-3-5-14(6-4-12)17(18)19/h3-6,13,15H,2,7-11H2,1H3. The predicted octanol–water partition coefficient (Wildman–Crippen LogP) is 1.82. The lowest BCUT2D eigenvalue weighted by Gasteiger charge is -2.34. The van der Waals surface area contributed by atoms with E-state index >= 15 is 0 Å². The summed E-state index contributed by atoms with van der Waals surface area (Å²) in [4.78, 5) is 12.8. The third kappa shape index (κ3) is 3.75. The summed E-state index contributed by atoms with van der Waals surface area (Å²) in [5.41, 5.74) is 1.34. The van der Waals surface area contributed by atoms with E-state index in [-0.39, 0.29) is 10.6 Å². The van der Waals surface area contributed by atoms with Crippen molar-refractivity contribution in [2.75, 3.05) is 26.2 Å². The molecule has 0 aliphatic carbocycles. The molecule has 1 heterocycles. The van der Waals surface area contributed by atoms with Crippen LogP contribution >= 0.6 is 0 Å². The first-order valence-electron chi connectivity index (χ1n) is 6.89. The molecule has 5 nitrogen and oxygen atoms in total. The zero-order valence-corrected chi connectivity index (χ0v) is 11.3. The van der Waals surface area contributed by atoms with E-state index in [1.807, 2.05) is 12.1 Å². The Balaban J connectivity index is 1.99. The fourth-order valence-corrected chi connectivity index (χ4v) is 2.60. The van der Waals surface area contributed by atoms with E-state index in [1.54, 1.807) is 12.1 Å². The van der Waals surface area contributed by atoms with Gasteiger partial charge in [0.25, 0.3) is 5.69 Å². The second-order valence-corrected chi connectivity index (χ2v) is 4.98. The van der Waals surface area contributed by atoms with E-state index in [0.717, 1.165) is 39.0 Å². The van der Waals surface area contributed by atoms with Gasteiger partial charge in [0.1, 0.15) is 0 Å². The highest BCUT2D eigenvalue weighted by molar-refractivity contribution is 5.33. The minimum absolute atomic E-state index is 0.166. The quantitative estimate of drug-likeness (QED) is 0.650.